The lowest BCUT2D eigenvalue weighted by molar-refractivity contribution is -0.136. The minimum absolute atomic E-state index is 0.0446. The van der Waals surface area contributed by atoms with Crippen molar-refractivity contribution in [3.8, 4) is 5.75 Å². The van der Waals surface area contributed by atoms with Gasteiger partial charge in [-0.05, 0) is 38.7 Å². The van der Waals surface area contributed by atoms with E-state index in [1.165, 1.54) is 4.90 Å². The van der Waals surface area contributed by atoms with Gasteiger partial charge in [-0.15, -0.1) is 0 Å². The number of benzene rings is 1. The van der Waals surface area contributed by atoms with E-state index in [-0.39, 0.29) is 19.1 Å². The molecule has 2 rings (SSSR count). The zero-order valence-electron chi connectivity index (χ0n) is 19.2. The molecule has 1 N–H and O–H groups in total. The molecule has 0 spiro atoms. The topological polar surface area (TPSA) is 96.4 Å². The number of carbonyl (C=O) groups is 3. The first-order valence-electron chi connectivity index (χ1n) is 10.4. The normalized spacial score (nSPS) is 13.0. The molecule has 1 aliphatic heterocycles. The molecule has 0 aliphatic carbocycles. The van der Waals surface area contributed by atoms with Gasteiger partial charge in [0.15, 0.2) is 0 Å². The summed E-state index contributed by atoms with van der Waals surface area (Å²) in [6, 6.07) is -0.234. The molecule has 0 saturated heterocycles. The molecule has 1 aliphatic rings. The summed E-state index contributed by atoms with van der Waals surface area (Å²) in [5, 5.41) is 8.94. The monoisotopic (exact) mass is 432 g/mol. The summed E-state index contributed by atoms with van der Waals surface area (Å²) in [4.78, 5) is 39.8. The predicted octanol–water partition coefficient (Wildman–Crippen LogP) is 3.93. The number of allylic oxidation sites excluding steroid dienone is 2. The average Bonchev–Trinajstić information content (AvgIpc) is 3.10. The van der Waals surface area contributed by atoms with Gasteiger partial charge in [0.1, 0.15) is 12.4 Å². The molecule has 0 atom stereocenters. The van der Waals surface area contributed by atoms with Gasteiger partial charge in [0.05, 0.1) is 18.4 Å². The van der Waals surface area contributed by atoms with Crippen LogP contribution in [0.25, 0.3) is 0 Å². The molecule has 1 heterocycles. The summed E-state index contributed by atoms with van der Waals surface area (Å²) >= 11 is 0. The van der Waals surface area contributed by atoms with Crippen molar-refractivity contribution in [2.75, 3.05) is 32.6 Å². The van der Waals surface area contributed by atoms with E-state index in [1.54, 1.807) is 26.1 Å². The van der Waals surface area contributed by atoms with Crippen LogP contribution in [0.15, 0.2) is 11.6 Å². The fourth-order valence-electron chi connectivity index (χ4n) is 3.78. The van der Waals surface area contributed by atoms with Crippen molar-refractivity contribution < 1.29 is 29.0 Å². The highest BCUT2D eigenvalue weighted by molar-refractivity contribution is 6.06. The number of carboxylic acids is 1. The molecule has 0 fully saturated rings. The first-order valence-corrected chi connectivity index (χ1v) is 10.4. The van der Waals surface area contributed by atoms with Gasteiger partial charge in [-0.25, -0.2) is 9.59 Å². The third-order valence-electron chi connectivity index (χ3n) is 5.37. The quantitative estimate of drug-likeness (QED) is 0.469. The number of ether oxygens (including phenoxy) is 2. The Morgan fingerprint density at radius 3 is 2.48 bits per heavy atom. The summed E-state index contributed by atoms with van der Waals surface area (Å²) in [5.41, 5.74) is 4.11. The van der Waals surface area contributed by atoms with Crippen LogP contribution in [0.1, 0.15) is 60.2 Å². The van der Waals surface area contributed by atoms with Crippen molar-refractivity contribution in [2.24, 2.45) is 0 Å². The van der Waals surface area contributed by atoms with E-state index in [1.807, 2.05) is 26.8 Å². The Labute approximate surface area is 183 Å². The Hall–Kier alpha value is -3.03. The average molecular weight is 433 g/mol. The Morgan fingerprint density at radius 1 is 1.26 bits per heavy atom. The maximum Gasteiger partial charge on any atom is 0.341 e. The number of cyclic esters (lactones) is 1. The van der Waals surface area contributed by atoms with Crippen molar-refractivity contribution >= 4 is 23.7 Å². The summed E-state index contributed by atoms with van der Waals surface area (Å²) < 4.78 is 11.1. The van der Waals surface area contributed by atoms with Crippen LogP contribution in [0.5, 0.6) is 5.75 Å². The number of carbonyl (C=O) groups excluding carboxylic acids is 2. The molecular formula is C23H32N2O6. The molecule has 170 valence electrons. The van der Waals surface area contributed by atoms with Crippen LogP contribution in [-0.4, -0.2) is 55.7 Å². The van der Waals surface area contributed by atoms with E-state index in [0.717, 1.165) is 22.3 Å². The summed E-state index contributed by atoms with van der Waals surface area (Å²) in [7, 11) is 4.91. The van der Waals surface area contributed by atoms with Crippen LogP contribution in [0.4, 0.5) is 10.5 Å². The third kappa shape index (κ3) is 5.18. The zero-order chi connectivity index (χ0) is 23.3. The van der Waals surface area contributed by atoms with Crippen molar-refractivity contribution in [2.45, 2.75) is 53.1 Å². The van der Waals surface area contributed by atoms with E-state index in [2.05, 4.69) is 0 Å². The number of aliphatic carboxylic acids is 1. The maximum atomic E-state index is 13.1. The maximum absolute atomic E-state index is 13.1. The number of urea groups is 1. The lowest BCUT2D eigenvalue weighted by atomic mass is 9.92. The second-order valence-electron chi connectivity index (χ2n) is 7.89. The van der Waals surface area contributed by atoms with Crippen molar-refractivity contribution in [3.63, 3.8) is 0 Å². The molecule has 1 aromatic carbocycles. The van der Waals surface area contributed by atoms with E-state index < -0.39 is 11.9 Å². The third-order valence-corrected chi connectivity index (χ3v) is 5.37. The van der Waals surface area contributed by atoms with Crippen molar-refractivity contribution in [1.29, 1.82) is 0 Å². The van der Waals surface area contributed by atoms with Gasteiger partial charge in [0.2, 0.25) is 0 Å². The molecule has 0 aromatic heterocycles. The second kappa shape index (κ2) is 10.3. The fourth-order valence-corrected chi connectivity index (χ4v) is 3.78. The van der Waals surface area contributed by atoms with Crippen LogP contribution in [0.3, 0.4) is 0 Å². The summed E-state index contributed by atoms with van der Waals surface area (Å²) in [6.07, 6.45) is 3.50. The van der Waals surface area contributed by atoms with Gasteiger partial charge in [0.25, 0.3) is 0 Å². The predicted molar refractivity (Wildman–Crippen MR) is 118 cm³/mol. The molecule has 31 heavy (non-hydrogen) atoms. The minimum Gasteiger partial charge on any atom is -0.496 e. The SMILES string of the molecule is CCCN(C(=O)N(C)C)c1c(C/C=C(\C)CCC(=O)O)c(OC)c(C)c2c1C(=O)OC2. The molecule has 0 unspecified atom stereocenters. The van der Waals surface area contributed by atoms with E-state index in [9.17, 15) is 14.4 Å². The number of carboxylic acid groups (broad SMARTS) is 1. The van der Waals surface area contributed by atoms with Crippen LogP contribution in [0.2, 0.25) is 0 Å². The Kier molecular flexibility index (Phi) is 8.08. The zero-order valence-corrected chi connectivity index (χ0v) is 19.2. The Bertz CT molecular complexity index is 904. The highest BCUT2D eigenvalue weighted by Crippen LogP contribution is 2.43. The van der Waals surface area contributed by atoms with E-state index in [0.29, 0.717) is 42.8 Å². The molecule has 0 bridgehead atoms. The number of anilines is 1. The van der Waals surface area contributed by atoms with Gasteiger partial charge in [-0.1, -0.05) is 18.6 Å². The smallest absolute Gasteiger partial charge is 0.341 e. The molecular weight excluding hydrogens is 400 g/mol. The minimum atomic E-state index is -0.854. The molecule has 8 nitrogen and oxygen atoms in total. The van der Waals surface area contributed by atoms with Crippen LogP contribution in [0, 0.1) is 6.92 Å². The molecule has 0 saturated carbocycles. The molecule has 0 radical (unpaired) electrons. The van der Waals surface area contributed by atoms with Gasteiger partial charge < -0.3 is 19.5 Å². The highest BCUT2D eigenvalue weighted by atomic mass is 16.5. The van der Waals surface area contributed by atoms with Crippen LogP contribution < -0.4 is 9.64 Å². The first-order chi connectivity index (χ1) is 14.6. The molecule has 8 heteroatoms. The number of hydrogen-bond acceptors (Lipinski definition) is 5. The van der Waals surface area contributed by atoms with Gasteiger partial charge in [0, 0.05) is 38.2 Å². The van der Waals surface area contributed by atoms with E-state index >= 15 is 0 Å². The number of hydrogen-bond donors (Lipinski definition) is 1. The summed E-state index contributed by atoms with van der Waals surface area (Å²) in [5.74, 6) is -0.689. The lowest BCUT2D eigenvalue weighted by Crippen LogP contribution is -2.41. The van der Waals surface area contributed by atoms with E-state index in [4.69, 9.17) is 14.6 Å². The summed E-state index contributed by atoms with van der Waals surface area (Å²) in [6.45, 7) is 6.30. The number of rotatable bonds is 9. The fraction of sp³-hybridized carbons (Fsp3) is 0.522. The lowest BCUT2D eigenvalue weighted by Gasteiger charge is -2.30. The first kappa shape index (κ1) is 24.2. The Balaban J connectivity index is 2.71. The molecule has 1 aromatic rings. The van der Waals surface area contributed by atoms with Crippen LogP contribution >= 0.6 is 0 Å². The second-order valence-corrected chi connectivity index (χ2v) is 7.89. The number of fused-ring (bicyclic) bond motifs is 1. The van der Waals surface area contributed by atoms with Gasteiger partial charge in [-0.2, -0.15) is 0 Å². The van der Waals surface area contributed by atoms with Crippen LogP contribution in [-0.2, 0) is 22.6 Å². The largest absolute Gasteiger partial charge is 0.496 e. The van der Waals surface area contributed by atoms with Gasteiger partial charge in [-0.3, -0.25) is 9.69 Å². The number of amides is 2. The number of nitrogens with zero attached hydrogens (tertiary/aromatic N) is 2. The number of methoxy groups -OCH3 is 1. The molecule has 2 amide bonds. The Morgan fingerprint density at radius 2 is 1.94 bits per heavy atom. The number of esters is 1. The van der Waals surface area contributed by atoms with Gasteiger partial charge >= 0.3 is 18.0 Å². The highest BCUT2D eigenvalue weighted by Gasteiger charge is 2.36. The standard InChI is InChI=1S/C23H32N2O6/c1-7-12-25(23(29)24(4)5)20-16(10-8-14(2)9-11-18(26)27)21(30-6)15(3)17-13-31-22(28)19(17)20/h8H,7,9-13H2,1-6H3,(H,26,27)/b14-8+. The van der Waals surface area contributed by atoms with Crippen molar-refractivity contribution in [1.82, 2.24) is 4.90 Å². The van der Waals surface area contributed by atoms with Crippen molar-refractivity contribution in [3.05, 3.63) is 33.9 Å².